The van der Waals surface area contributed by atoms with Gasteiger partial charge in [-0.3, -0.25) is 9.79 Å². The molecule has 2 rings (SSSR count). The molecule has 160 valence electrons. The summed E-state index contributed by atoms with van der Waals surface area (Å²) in [4.78, 5) is 30.3. The molecule has 1 fully saturated rings. The number of carboxylic acids is 1. The molecule has 0 bridgehead atoms. The number of aromatic carboxylic acids is 1. The van der Waals surface area contributed by atoms with Gasteiger partial charge in [-0.15, -0.1) is 0 Å². The van der Waals surface area contributed by atoms with Gasteiger partial charge in [0.2, 0.25) is 0 Å². The molecule has 7 nitrogen and oxygen atoms in total. The molecule has 0 saturated carbocycles. The van der Waals surface area contributed by atoms with Crippen LogP contribution in [0, 0.1) is 0 Å². The van der Waals surface area contributed by atoms with Crippen molar-refractivity contribution in [2.75, 3.05) is 43.2 Å². The van der Waals surface area contributed by atoms with Gasteiger partial charge in [-0.25, -0.2) is 4.79 Å². The Morgan fingerprint density at radius 2 is 1.97 bits per heavy atom. The average Bonchev–Trinajstić information content (AvgIpc) is 2.69. The molecule has 29 heavy (non-hydrogen) atoms. The van der Waals surface area contributed by atoms with Crippen LogP contribution in [0.1, 0.15) is 30.1 Å². The van der Waals surface area contributed by atoms with Crippen LogP contribution in [0.4, 0.5) is 24.5 Å². The van der Waals surface area contributed by atoms with Crippen molar-refractivity contribution in [1.29, 1.82) is 0 Å². The first-order chi connectivity index (χ1) is 13.7. The summed E-state index contributed by atoms with van der Waals surface area (Å²) in [5.74, 6) is -3.49. The number of carbonyl (C=O) groups excluding carboxylic acids is 1. The predicted octanol–water partition coefficient (Wildman–Crippen LogP) is 2.99. The number of nitrogens with zero attached hydrogens (tertiary/aromatic N) is 3. The summed E-state index contributed by atoms with van der Waals surface area (Å²) in [5, 5.41) is 9.55. The summed E-state index contributed by atoms with van der Waals surface area (Å²) in [6, 6.07) is 3.27. The molecule has 1 saturated heterocycles. The van der Waals surface area contributed by atoms with E-state index in [2.05, 4.69) is 4.99 Å². The standard InChI is InChI=1S/C19H24F3N3O4/c1-3-24(9-8-23-2)14-4-5-15(17(26)27)16(12-14)25(18(28)19(20,21)22)13-6-10-29-11-7-13/h4-5,8,12-13H,3,6-7,9-11H2,1-2H3,(H,26,27). The zero-order valence-corrected chi connectivity index (χ0v) is 16.3. The van der Waals surface area contributed by atoms with Crippen LogP contribution in [-0.2, 0) is 9.53 Å². The van der Waals surface area contributed by atoms with Gasteiger partial charge in [-0.05, 0) is 38.0 Å². The van der Waals surface area contributed by atoms with Crippen molar-refractivity contribution in [1.82, 2.24) is 0 Å². The van der Waals surface area contributed by atoms with Crippen molar-refractivity contribution < 1.29 is 32.6 Å². The molecule has 1 aliphatic rings. The van der Waals surface area contributed by atoms with Crippen molar-refractivity contribution in [3.8, 4) is 0 Å². The van der Waals surface area contributed by atoms with Crippen LogP contribution >= 0.6 is 0 Å². The lowest BCUT2D eigenvalue weighted by Crippen LogP contribution is -2.50. The molecule has 0 radical (unpaired) electrons. The molecule has 0 aliphatic carbocycles. The number of anilines is 2. The van der Waals surface area contributed by atoms with Crippen LogP contribution in [0.25, 0.3) is 0 Å². The fourth-order valence-corrected chi connectivity index (χ4v) is 3.25. The monoisotopic (exact) mass is 415 g/mol. The number of amides is 1. The Hall–Kier alpha value is -2.62. The van der Waals surface area contributed by atoms with Gasteiger partial charge in [-0.2, -0.15) is 13.2 Å². The number of hydrogen-bond donors (Lipinski definition) is 1. The molecule has 1 aromatic carbocycles. The summed E-state index contributed by atoms with van der Waals surface area (Å²) < 4.78 is 45.3. The number of ether oxygens (including phenoxy) is 1. The summed E-state index contributed by atoms with van der Waals surface area (Å²) in [6.07, 6.45) is -3.13. The lowest BCUT2D eigenvalue weighted by molar-refractivity contribution is -0.171. The fraction of sp³-hybridized carbons (Fsp3) is 0.526. The molecule has 1 aromatic rings. The molecule has 10 heteroatoms. The highest BCUT2D eigenvalue weighted by molar-refractivity contribution is 6.05. The fourth-order valence-electron chi connectivity index (χ4n) is 3.25. The van der Waals surface area contributed by atoms with Gasteiger partial charge >= 0.3 is 18.1 Å². The van der Waals surface area contributed by atoms with Crippen molar-refractivity contribution in [3.05, 3.63) is 23.8 Å². The lowest BCUT2D eigenvalue weighted by atomic mass is 10.0. The van der Waals surface area contributed by atoms with E-state index in [-0.39, 0.29) is 37.3 Å². The van der Waals surface area contributed by atoms with Crippen molar-refractivity contribution in [2.45, 2.75) is 32.0 Å². The number of carbonyl (C=O) groups is 2. The summed E-state index contributed by atoms with van der Waals surface area (Å²) in [7, 11) is 1.60. The molecule has 0 unspecified atom stereocenters. The summed E-state index contributed by atoms with van der Waals surface area (Å²) in [5.41, 5.74) is -0.131. The van der Waals surface area contributed by atoms with Crippen molar-refractivity contribution in [2.24, 2.45) is 4.99 Å². The maximum atomic E-state index is 13.4. The summed E-state index contributed by atoms with van der Waals surface area (Å²) >= 11 is 0. The second-order valence-corrected chi connectivity index (χ2v) is 6.50. The number of alkyl halides is 3. The molecular formula is C19H24F3N3O4. The highest BCUT2D eigenvalue weighted by Gasteiger charge is 2.46. The molecule has 1 heterocycles. The molecular weight excluding hydrogens is 391 g/mol. The summed E-state index contributed by atoms with van der Waals surface area (Å²) in [6.45, 7) is 3.15. The van der Waals surface area contributed by atoms with E-state index in [4.69, 9.17) is 4.74 Å². The Labute approximate surface area is 166 Å². The Balaban J connectivity index is 2.60. The Bertz CT molecular complexity index is 762. The lowest BCUT2D eigenvalue weighted by Gasteiger charge is -2.36. The highest BCUT2D eigenvalue weighted by atomic mass is 19.4. The molecule has 1 amide bonds. The molecule has 0 aromatic heterocycles. The van der Waals surface area contributed by atoms with E-state index in [1.165, 1.54) is 18.2 Å². The Kier molecular flexibility index (Phi) is 7.60. The van der Waals surface area contributed by atoms with E-state index in [0.717, 1.165) is 0 Å². The van der Waals surface area contributed by atoms with E-state index in [9.17, 15) is 27.9 Å². The Morgan fingerprint density at radius 3 is 2.48 bits per heavy atom. The van der Waals surface area contributed by atoms with Crippen LogP contribution in [0.5, 0.6) is 0 Å². The number of benzene rings is 1. The predicted molar refractivity (Wildman–Crippen MR) is 103 cm³/mol. The van der Waals surface area contributed by atoms with Gasteiger partial charge in [0.15, 0.2) is 0 Å². The second-order valence-electron chi connectivity index (χ2n) is 6.50. The zero-order valence-electron chi connectivity index (χ0n) is 16.3. The van der Waals surface area contributed by atoms with E-state index in [1.54, 1.807) is 13.3 Å². The minimum absolute atomic E-state index is 0.186. The van der Waals surface area contributed by atoms with Crippen LogP contribution in [0.2, 0.25) is 0 Å². The van der Waals surface area contributed by atoms with Gasteiger partial charge < -0.3 is 19.6 Å². The zero-order chi connectivity index (χ0) is 21.6. The average molecular weight is 415 g/mol. The highest BCUT2D eigenvalue weighted by Crippen LogP contribution is 2.34. The second kappa shape index (κ2) is 9.73. The quantitative estimate of drug-likeness (QED) is 0.693. The maximum absolute atomic E-state index is 13.4. The first kappa shape index (κ1) is 22.7. The molecule has 1 N–H and O–H groups in total. The minimum atomic E-state index is -5.14. The third kappa shape index (κ3) is 5.47. The van der Waals surface area contributed by atoms with E-state index < -0.39 is 24.1 Å². The first-order valence-electron chi connectivity index (χ1n) is 9.21. The van der Waals surface area contributed by atoms with E-state index >= 15 is 0 Å². The maximum Gasteiger partial charge on any atom is 0.471 e. The van der Waals surface area contributed by atoms with E-state index in [1.807, 2.05) is 11.8 Å². The number of rotatable bonds is 7. The number of hydrogen-bond acceptors (Lipinski definition) is 5. The largest absolute Gasteiger partial charge is 0.478 e. The van der Waals surface area contributed by atoms with Crippen molar-refractivity contribution >= 4 is 29.5 Å². The third-order valence-electron chi connectivity index (χ3n) is 4.72. The van der Waals surface area contributed by atoms with Crippen LogP contribution in [0.3, 0.4) is 0 Å². The van der Waals surface area contributed by atoms with Gasteiger partial charge in [-0.1, -0.05) is 0 Å². The minimum Gasteiger partial charge on any atom is -0.478 e. The number of aliphatic imine (C=N–C) groups is 1. The molecule has 0 atom stereocenters. The SMILES string of the molecule is CCN(CC=NC)c1ccc(C(=O)O)c(N(C(=O)C(F)(F)F)C2CCOCC2)c1. The van der Waals surface area contributed by atoms with Gasteiger partial charge in [0, 0.05) is 44.8 Å². The molecule has 0 spiro atoms. The third-order valence-corrected chi connectivity index (χ3v) is 4.72. The van der Waals surface area contributed by atoms with Gasteiger partial charge in [0.25, 0.3) is 0 Å². The van der Waals surface area contributed by atoms with Gasteiger partial charge in [0.1, 0.15) is 0 Å². The number of carboxylic acid groups (broad SMARTS) is 1. The van der Waals surface area contributed by atoms with Crippen LogP contribution < -0.4 is 9.80 Å². The van der Waals surface area contributed by atoms with Crippen LogP contribution in [-0.4, -0.2) is 68.8 Å². The topological polar surface area (TPSA) is 82.4 Å². The van der Waals surface area contributed by atoms with Crippen LogP contribution in [0.15, 0.2) is 23.2 Å². The van der Waals surface area contributed by atoms with Crippen molar-refractivity contribution in [3.63, 3.8) is 0 Å². The Morgan fingerprint density at radius 1 is 1.31 bits per heavy atom. The van der Waals surface area contributed by atoms with E-state index in [0.29, 0.717) is 23.7 Å². The molecule has 1 aliphatic heterocycles. The van der Waals surface area contributed by atoms with Gasteiger partial charge in [0.05, 0.1) is 17.8 Å². The normalized spacial score (nSPS) is 15.5. The smallest absolute Gasteiger partial charge is 0.471 e. The number of halogens is 3. The first-order valence-corrected chi connectivity index (χ1v) is 9.21.